The number of ether oxygens (including phenoxy) is 2. The Morgan fingerprint density at radius 2 is 1.53 bits per heavy atom. The summed E-state index contributed by atoms with van der Waals surface area (Å²) in [5.41, 5.74) is 0. The van der Waals surface area contributed by atoms with E-state index in [2.05, 4.69) is 41.3 Å². The van der Waals surface area contributed by atoms with Crippen LogP contribution in [0.3, 0.4) is 0 Å². The molecule has 0 aliphatic rings. The normalized spacial score (nSPS) is 10.1. The molecule has 9 heteroatoms. The summed E-state index contributed by atoms with van der Waals surface area (Å²) in [6, 6.07) is 0. The van der Waals surface area contributed by atoms with Crippen molar-refractivity contribution in [3.63, 3.8) is 0 Å². The predicted molar refractivity (Wildman–Crippen MR) is 64.6 cm³/mol. The van der Waals surface area contributed by atoms with Crippen molar-refractivity contribution in [3.8, 4) is 0 Å². The lowest BCUT2D eigenvalue weighted by Gasteiger charge is -2.22. The number of ketones is 1. The molecule has 0 unspecified atom stereocenters. The Labute approximate surface area is 114 Å². The maximum absolute atomic E-state index is 10.4. The molecular weight excluding hydrogens is 368 g/mol. The molecule has 0 aliphatic carbocycles. The molecule has 0 saturated carbocycles. The average Bonchev–Trinajstić information content (AvgIpc) is 2.31. The van der Waals surface area contributed by atoms with Gasteiger partial charge in [0, 0.05) is 14.2 Å². The highest BCUT2D eigenvalue weighted by Gasteiger charge is 2.37. The Bertz CT molecular complexity index is 267. The van der Waals surface area contributed by atoms with Gasteiger partial charge in [-0.05, 0) is 0 Å². The second-order valence-electron chi connectivity index (χ2n) is 2.46. The minimum absolute atomic E-state index is 0.0995. The molecule has 100 valence electrons. The third-order valence-electron chi connectivity index (χ3n) is 1.52. The second-order valence-corrected chi connectivity index (χ2v) is 3.58. The second kappa shape index (κ2) is 9.51. The lowest BCUT2D eigenvalue weighted by molar-refractivity contribution is -0.214. The van der Waals surface area contributed by atoms with Gasteiger partial charge in [0.1, 0.15) is 0 Å². The number of rotatable bonds is 6. The van der Waals surface area contributed by atoms with Crippen LogP contribution in [0.2, 0.25) is 0 Å². The van der Waals surface area contributed by atoms with Crippen molar-refractivity contribution >= 4 is 49.6 Å². The summed E-state index contributed by atoms with van der Waals surface area (Å²) in [4.78, 5) is 29.9. The van der Waals surface area contributed by atoms with Crippen LogP contribution in [-0.4, -0.2) is 58.6 Å². The van der Waals surface area contributed by atoms with E-state index in [-0.39, 0.29) is 10.7 Å². The highest BCUT2D eigenvalue weighted by molar-refractivity contribution is 9.09. The molecule has 0 aromatic heterocycles. The standard InChI is InChI=1S/C5H9BrO4.C3H3BrO3/c1-9-5(3-6,10-2)4(7)8;4-1-2(5)3(6)7/h3H2,1-2H3,(H,7,8);1H2,(H,6,7). The molecule has 2 N–H and O–H groups in total. The molecule has 0 fully saturated rings. The van der Waals surface area contributed by atoms with E-state index in [9.17, 15) is 14.4 Å². The van der Waals surface area contributed by atoms with Crippen molar-refractivity contribution in [3.05, 3.63) is 0 Å². The number of carbonyl (C=O) groups is 3. The van der Waals surface area contributed by atoms with Gasteiger partial charge in [-0.25, -0.2) is 9.59 Å². The summed E-state index contributed by atoms with van der Waals surface area (Å²) in [7, 11) is 2.55. The smallest absolute Gasteiger partial charge is 0.373 e. The fraction of sp³-hybridized carbons (Fsp3) is 0.625. The summed E-state index contributed by atoms with van der Waals surface area (Å²) in [5.74, 6) is -4.90. The van der Waals surface area contributed by atoms with E-state index in [1.54, 1.807) is 0 Å². The summed E-state index contributed by atoms with van der Waals surface area (Å²) < 4.78 is 9.26. The Kier molecular flexibility index (Phi) is 10.5. The summed E-state index contributed by atoms with van der Waals surface area (Å²) in [6.45, 7) is 0. The van der Waals surface area contributed by atoms with Gasteiger partial charge in [0.05, 0.1) is 10.7 Å². The molecule has 0 spiro atoms. The number of hydrogen-bond acceptors (Lipinski definition) is 5. The molecule has 0 aromatic rings. The van der Waals surface area contributed by atoms with Crippen LogP contribution in [0.25, 0.3) is 0 Å². The van der Waals surface area contributed by atoms with Crippen molar-refractivity contribution < 1.29 is 34.1 Å². The quantitative estimate of drug-likeness (QED) is 0.392. The largest absolute Gasteiger partial charge is 0.477 e. The van der Waals surface area contributed by atoms with Crippen LogP contribution in [0.15, 0.2) is 0 Å². The van der Waals surface area contributed by atoms with Crippen molar-refractivity contribution in [1.29, 1.82) is 0 Å². The molecule has 17 heavy (non-hydrogen) atoms. The maximum Gasteiger partial charge on any atom is 0.373 e. The summed E-state index contributed by atoms with van der Waals surface area (Å²) in [6.07, 6.45) is 0. The molecule has 0 rings (SSSR count). The average molecular weight is 380 g/mol. The van der Waals surface area contributed by atoms with E-state index in [0.717, 1.165) is 0 Å². The highest BCUT2D eigenvalue weighted by atomic mass is 79.9. The van der Waals surface area contributed by atoms with Crippen molar-refractivity contribution in [2.45, 2.75) is 5.79 Å². The van der Waals surface area contributed by atoms with Gasteiger partial charge in [-0.15, -0.1) is 0 Å². The van der Waals surface area contributed by atoms with Crippen LogP contribution in [0.4, 0.5) is 0 Å². The predicted octanol–water partition coefficient (Wildman–Crippen LogP) is 0.490. The Balaban J connectivity index is 0. The van der Waals surface area contributed by atoms with Gasteiger partial charge in [-0.2, -0.15) is 0 Å². The van der Waals surface area contributed by atoms with E-state index < -0.39 is 23.5 Å². The van der Waals surface area contributed by atoms with Crippen LogP contribution in [0.5, 0.6) is 0 Å². The van der Waals surface area contributed by atoms with Crippen LogP contribution < -0.4 is 0 Å². The van der Waals surface area contributed by atoms with Crippen molar-refractivity contribution in [2.24, 2.45) is 0 Å². The number of carbonyl (C=O) groups excluding carboxylic acids is 1. The van der Waals surface area contributed by atoms with Gasteiger partial charge in [0.15, 0.2) is 0 Å². The number of methoxy groups -OCH3 is 2. The van der Waals surface area contributed by atoms with E-state index in [4.69, 9.17) is 10.2 Å². The minimum atomic E-state index is -1.54. The zero-order valence-electron chi connectivity index (χ0n) is 9.11. The Morgan fingerprint density at radius 1 is 1.12 bits per heavy atom. The van der Waals surface area contributed by atoms with Crippen LogP contribution >= 0.6 is 31.9 Å². The first-order chi connectivity index (χ1) is 7.81. The lowest BCUT2D eigenvalue weighted by Crippen LogP contribution is -2.44. The van der Waals surface area contributed by atoms with Crippen LogP contribution in [0.1, 0.15) is 0 Å². The highest BCUT2D eigenvalue weighted by Crippen LogP contribution is 2.14. The van der Waals surface area contributed by atoms with E-state index in [0.29, 0.717) is 0 Å². The Morgan fingerprint density at radius 3 is 1.53 bits per heavy atom. The molecule has 0 aliphatic heterocycles. The van der Waals surface area contributed by atoms with Gasteiger partial charge >= 0.3 is 11.9 Å². The number of aliphatic carboxylic acids is 2. The topological polar surface area (TPSA) is 110 Å². The Hall–Kier alpha value is -0.510. The van der Waals surface area contributed by atoms with Gasteiger partial charge in [-0.3, -0.25) is 4.79 Å². The zero-order valence-corrected chi connectivity index (χ0v) is 12.3. The third kappa shape index (κ3) is 6.71. The summed E-state index contributed by atoms with van der Waals surface area (Å²) in [5, 5.41) is 16.3. The third-order valence-corrected chi connectivity index (χ3v) is 2.77. The molecule has 0 bridgehead atoms. The molecule has 0 amide bonds. The van der Waals surface area contributed by atoms with E-state index >= 15 is 0 Å². The first-order valence-electron chi connectivity index (χ1n) is 4.03. The number of hydrogen-bond donors (Lipinski definition) is 2. The first-order valence-corrected chi connectivity index (χ1v) is 6.27. The number of alkyl halides is 2. The summed E-state index contributed by atoms with van der Waals surface area (Å²) >= 11 is 5.65. The van der Waals surface area contributed by atoms with E-state index in [1.165, 1.54) is 14.2 Å². The lowest BCUT2D eigenvalue weighted by atomic mass is 10.3. The van der Waals surface area contributed by atoms with E-state index in [1.807, 2.05) is 0 Å². The number of Topliss-reactive ketones (excluding diaryl/α,β-unsaturated/α-hetero) is 1. The first kappa shape index (κ1) is 18.8. The SMILES string of the molecule is COC(CBr)(OC)C(=O)O.O=C(O)C(=O)CBr. The van der Waals surface area contributed by atoms with Crippen LogP contribution in [0, 0.1) is 0 Å². The molecule has 0 aromatic carbocycles. The van der Waals surface area contributed by atoms with Crippen molar-refractivity contribution in [1.82, 2.24) is 0 Å². The molecule has 0 saturated heterocycles. The van der Waals surface area contributed by atoms with Gasteiger partial charge in [0.25, 0.3) is 5.79 Å². The van der Waals surface area contributed by atoms with Gasteiger partial charge in [0.2, 0.25) is 5.78 Å². The number of halogens is 2. The number of carboxylic acid groups (broad SMARTS) is 2. The monoisotopic (exact) mass is 378 g/mol. The fourth-order valence-corrected chi connectivity index (χ4v) is 1.42. The van der Waals surface area contributed by atoms with Crippen LogP contribution in [-0.2, 0) is 23.9 Å². The molecule has 7 nitrogen and oxygen atoms in total. The number of carboxylic acids is 2. The molecule has 0 atom stereocenters. The van der Waals surface area contributed by atoms with Gasteiger partial charge < -0.3 is 19.7 Å². The zero-order chi connectivity index (χ0) is 14.1. The van der Waals surface area contributed by atoms with Gasteiger partial charge in [-0.1, -0.05) is 31.9 Å². The maximum atomic E-state index is 10.4. The molecule has 0 heterocycles. The molecule has 0 radical (unpaired) electrons. The van der Waals surface area contributed by atoms with Crippen molar-refractivity contribution in [2.75, 3.05) is 24.9 Å². The minimum Gasteiger partial charge on any atom is -0.477 e. The fourth-order valence-electron chi connectivity index (χ4n) is 0.481. The molecular formula is C8H12Br2O7.